The second-order valence-electron chi connectivity index (χ2n) is 9.84. The summed E-state index contributed by atoms with van der Waals surface area (Å²) in [5.41, 5.74) is 1.69. The number of ether oxygens (including phenoxy) is 1. The smallest absolute Gasteiger partial charge is 0.311 e. The maximum absolute atomic E-state index is 13.7. The number of hydrogen-bond donors (Lipinski definition) is 0. The number of para-hydroxylation sites is 3. The maximum Gasteiger partial charge on any atom is 0.311 e. The summed E-state index contributed by atoms with van der Waals surface area (Å²) in [7, 11) is 0. The molecule has 0 aliphatic rings. The fourth-order valence-electron chi connectivity index (χ4n) is 5.12. The fraction of sp³-hybridized carbons (Fsp3) is 0.0294. The SMILES string of the molecule is O=c1c2ccccc2nc(-c2cc3ccccc3o2)n1N=Cc1cccc([N+](=O)[O-])c1OCc1cccc2ccccc12. The zero-order valence-electron chi connectivity index (χ0n) is 22.6. The Morgan fingerprint density at radius 3 is 2.42 bits per heavy atom. The highest BCUT2D eigenvalue weighted by Crippen LogP contribution is 2.32. The molecule has 2 heterocycles. The Balaban J connectivity index is 1.34. The van der Waals surface area contributed by atoms with E-state index in [9.17, 15) is 14.9 Å². The largest absolute Gasteiger partial charge is 0.481 e. The van der Waals surface area contributed by atoms with Gasteiger partial charge in [-0.3, -0.25) is 14.9 Å². The van der Waals surface area contributed by atoms with Gasteiger partial charge in [0, 0.05) is 17.0 Å². The van der Waals surface area contributed by atoms with E-state index in [1.807, 2.05) is 66.7 Å². The topological polar surface area (TPSA) is 113 Å². The van der Waals surface area contributed by atoms with Crippen molar-refractivity contribution in [2.24, 2.45) is 5.10 Å². The number of fused-ring (bicyclic) bond motifs is 3. The van der Waals surface area contributed by atoms with Gasteiger partial charge in [0.05, 0.1) is 22.0 Å². The first-order chi connectivity index (χ1) is 21.1. The van der Waals surface area contributed by atoms with Gasteiger partial charge in [0.25, 0.3) is 5.56 Å². The van der Waals surface area contributed by atoms with E-state index in [-0.39, 0.29) is 23.9 Å². The Kier molecular flexibility index (Phi) is 6.44. The van der Waals surface area contributed by atoms with Crippen molar-refractivity contribution in [3.05, 3.63) is 147 Å². The zero-order chi connectivity index (χ0) is 29.3. The Hall–Kier alpha value is -6.09. The highest BCUT2D eigenvalue weighted by Gasteiger charge is 2.20. The van der Waals surface area contributed by atoms with Crippen LogP contribution in [0.5, 0.6) is 5.75 Å². The third-order valence-electron chi connectivity index (χ3n) is 7.19. The van der Waals surface area contributed by atoms with Crippen LogP contribution in [0.15, 0.2) is 130 Å². The number of rotatable bonds is 7. The highest BCUT2D eigenvalue weighted by molar-refractivity contribution is 5.88. The molecule has 0 fully saturated rings. The van der Waals surface area contributed by atoms with Crippen molar-refractivity contribution in [1.29, 1.82) is 0 Å². The molecule has 9 heteroatoms. The molecule has 9 nitrogen and oxygen atoms in total. The molecular formula is C34H22N4O5. The van der Waals surface area contributed by atoms with Gasteiger partial charge in [0.1, 0.15) is 12.2 Å². The summed E-state index contributed by atoms with van der Waals surface area (Å²) in [6.45, 7) is 0.0920. The summed E-state index contributed by atoms with van der Waals surface area (Å²) in [5, 5.41) is 19.7. The summed E-state index contributed by atoms with van der Waals surface area (Å²) in [6, 6.07) is 34.5. The van der Waals surface area contributed by atoms with Crippen LogP contribution in [0.4, 0.5) is 5.69 Å². The predicted molar refractivity (Wildman–Crippen MR) is 166 cm³/mol. The van der Waals surface area contributed by atoms with Crippen LogP contribution in [-0.4, -0.2) is 20.8 Å². The van der Waals surface area contributed by atoms with Gasteiger partial charge >= 0.3 is 5.69 Å². The summed E-state index contributed by atoms with van der Waals surface area (Å²) in [6.07, 6.45) is 1.37. The molecule has 208 valence electrons. The number of benzene rings is 5. The molecule has 7 rings (SSSR count). The van der Waals surface area contributed by atoms with Crippen LogP contribution < -0.4 is 10.3 Å². The molecule has 7 aromatic rings. The van der Waals surface area contributed by atoms with Crippen LogP contribution in [0.2, 0.25) is 0 Å². The molecule has 0 radical (unpaired) electrons. The van der Waals surface area contributed by atoms with Crippen LogP contribution in [0, 0.1) is 10.1 Å². The van der Waals surface area contributed by atoms with Crippen LogP contribution in [0.1, 0.15) is 11.1 Å². The molecule has 0 saturated heterocycles. The van der Waals surface area contributed by atoms with E-state index in [1.54, 1.807) is 42.5 Å². The first-order valence-electron chi connectivity index (χ1n) is 13.5. The van der Waals surface area contributed by atoms with Crippen LogP contribution in [0.3, 0.4) is 0 Å². The first-order valence-corrected chi connectivity index (χ1v) is 13.5. The Morgan fingerprint density at radius 1 is 0.860 bits per heavy atom. The second kappa shape index (κ2) is 10.7. The van der Waals surface area contributed by atoms with Crippen molar-refractivity contribution >= 4 is 44.5 Å². The van der Waals surface area contributed by atoms with E-state index >= 15 is 0 Å². The molecule has 0 bridgehead atoms. The molecule has 0 saturated carbocycles. The lowest BCUT2D eigenvalue weighted by Gasteiger charge is -2.12. The zero-order valence-corrected chi connectivity index (χ0v) is 22.6. The van der Waals surface area contributed by atoms with Gasteiger partial charge in [-0.05, 0) is 46.7 Å². The number of aromatic nitrogens is 2. The maximum atomic E-state index is 13.7. The molecule has 0 amide bonds. The number of nitrogens with zero attached hydrogens (tertiary/aromatic N) is 4. The minimum Gasteiger partial charge on any atom is -0.481 e. The first kappa shape index (κ1) is 25.8. The third-order valence-corrected chi connectivity index (χ3v) is 7.19. The number of furan rings is 1. The van der Waals surface area contributed by atoms with Crippen molar-refractivity contribution in [3.8, 4) is 17.3 Å². The van der Waals surface area contributed by atoms with E-state index < -0.39 is 10.5 Å². The van der Waals surface area contributed by atoms with Crippen LogP contribution in [0.25, 0.3) is 44.2 Å². The van der Waals surface area contributed by atoms with Crippen molar-refractivity contribution in [3.63, 3.8) is 0 Å². The van der Waals surface area contributed by atoms with Gasteiger partial charge in [-0.2, -0.15) is 9.78 Å². The van der Waals surface area contributed by atoms with Gasteiger partial charge in [-0.15, -0.1) is 0 Å². The molecule has 43 heavy (non-hydrogen) atoms. The lowest BCUT2D eigenvalue weighted by molar-refractivity contribution is -0.385. The summed E-state index contributed by atoms with van der Waals surface area (Å²) >= 11 is 0. The lowest BCUT2D eigenvalue weighted by Crippen LogP contribution is -2.20. The average Bonchev–Trinajstić information content (AvgIpc) is 3.47. The summed E-state index contributed by atoms with van der Waals surface area (Å²) < 4.78 is 13.3. The normalized spacial score (nSPS) is 11.5. The highest BCUT2D eigenvalue weighted by atomic mass is 16.6. The molecule has 0 aliphatic carbocycles. The molecular weight excluding hydrogens is 544 g/mol. The third kappa shape index (κ3) is 4.78. The van der Waals surface area contributed by atoms with Gasteiger partial charge in [-0.25, -0.2) is 4.98 Å². The number of nitro benzene ring substituents is 1. The predicted octanol–water partition coefficient (Wildman–Crippen LogP) is 7.33. The van der Waals surface area contributed by atoms with E-state index in [1.165, 1.54) is 12.3 Å². The lowest BCUT2D eigenvalue weighted by atomic mass is 10.1. The van der Waals surface area contributed by atoms with Crippen molar-refractivity contribution in [2.45, 2.75) is 6.61 Å². The van der Waals surface area contributed by atoms with E-state index in [4.69, 9.17) is 14.1 Å². The summed E-state index contributed by atoms with van der Waals surface area (Å²) in [4.78, 5) is 29.9. The average molecular weight is 567 g/mol. The van der Waals surface area contributed by atoms with Gasteiger partial charge in [-0.1, -0.05) is 78.9 Å². The number of hydrogen-bond acceptors (Lipinski definition) is 7. The Morgan fingerprint density at radius 2 is 1.58 bits per heavy atom. The molecule has 0 spiro atoms. The fourth-order valence-corrected chi connectivity index (χ4v) is 5.12. The van der Waals surface area contributed by atoms with Crippen molar-refractivity contribution in [1.82, 2.24) is 9.66 Å². The van der Waals surface area contributed by atoms with E-state index in [0.717, 1.165) is 26.4 Å². The molecule has 0 N–H and O–H groups in total. The molecule has 0 atom stereocenters. The quantitative estimate of drug-likeness (QED) is 0.113. The molecule has 0 unspecified atom stereocenters. The van der Waals surface area contributed by atoms with E-state index in [2.05, 4.69) is 5.10 Å². The molecule has 0 aliphatic heterocycles. The van der Waals surface area contributed by atoms with Crippen LogP contribution in [-0.2, 0) is 6.61 Å². The molecule has 5 aromatic carbocycles. The van der Waals surface area contributed by atoms with Crippen molar-refractivity contribution in [2.75, 3.05) is 0 Å². The standard InChI is InChI=1S/C34H22N4O5/c39-34-27-15-4-5-16-28(27)36-33(31-19-23-10-2-6-18-30(23)43-31)37(34)35-20-24-12-8-17-29(38(40)41)32(24)42-21-25-13-7-11-22-9-1-3-14-26(22)25/h1-20H,21H2. The number of nitro groups is 1. The van der Waals surface area contributed by atoms with Gasteiger partial charge in [0.15, 0.2) is 5.76 Å². The van der Waals surface area contributed by atoms with E-state index in [0.29, 0.717) is 27.8 Å². The minimum absolute atomic E-state index is 0.0382. The van der Waals surface area contributed by atoms with Gasteiger partial charge < -0.3 is 9.15 Å². The molecule has 2 aromatic heterocycles. The van der Waals surface area contributed by atoms with Crippen molar-refractivity contribution < 1.29 is 14.1 Å². The summed E-state index contributed by atoms with van der Waals surface area (Å²) in [5.74, 6) is 0.587. The second-order valence-corrected chi connectivity index (χ2v) is 9.84. The van der Waals surface area contributed by atoms with Gasteiger partial charge in [0.2, 0.25) is 11.6 Å². The monoisotopic (exact) mass is 566 g/mol. The van der Waals surface area contributed by atoms with Crippen LogP contribution >= 0.6 is 0 Å². The Labute approximate surface area is 244 Å². The minimum atomic E-state index is -0.501. The Bertz CT molecular complexity index is 2230.